The average Bonchev–Trinajstić information content (AvgIpc) is 3.21. The molecule has 5 nitrogen and oxygen atoms in total. The molecule has 0 saturated carbocycles. The number of aryl methyl sites for hydroxylation is 2. The van der Waals surface area contributed by atoms with Crippen molar-refractivity contribution < 1.29 is 14.3 Å². The normalized spacial score (nSPS) is 15.4. The van der Waals surface area contributed by atoms with E-state index in [-0.39, 0.29) is 23.9 Å². The molecule has 0 radical (unpaired) electrons. The first-order valence-electron chi connectivity index (χ1n) is 11.0. The number of hydrogen-bond acceptors (Lipinski definition) is 5. The molecule has 1 atom stereocenters. The summed E-state index contributed by atoms with van der Waals surface area (Å²) in [4.78, 5) is 32.9. The molecule has 0 bridgehead atoms. The van der Waals surface area contributed by atoms with Crippen LogP contribution < -0.4 is 0 Å². The van der Waals surface area contributed by atoms with Crippen molar-refractivity contribution in [2.24, 2.45) is 5.92 Å². The third kappa shape index (κ3) is 4.91. The van der Waals surface area contributed by atoms with Crippen LogP contribution in [0, 0.1) is 19.8 Å². The first-order valence-corrected chi connectivity index (χ1v) is 11.8. The van der Waals surface area contributed by atoms with Gasteiger partial charge in [-0.2, -0.15) is 0 Å². The van der Waals surface area contributed by atoms with Crippen LogP contribution >= 0.6 is 11.3 Å². The minimum absolute atomic E-state index is 0.0229. The Bertz CT molecular complexity index is 1080. The first-order chi connectivity index (χ1) is 15.4. The molecule has 1 aliphatic heterocycles. The van der Waals surface area contributed by atoms with E-state index < -0.39 is 0 Å². The molecular weight excluding hydrogens is 420 g/mol. The minimum Gasteiger partial charge on any atom is -0.457 e. The summed E-state index contributed by atoms with van der Waals surface area (Å²) in [6, 6.07) is 17.6. The average molecular weight is 449 g/mol. The maximum atomic E-state index is 12.8. The van der Waals surface area contributed by atoms with Gasteiger partial charge in [0.05, 0.1) is 16.5 Å². The molecule has 166 valence electrons. The van der Waals surface area contributed by atoms with Gasteiger partial charge in [-0.25, -0.2) is 4.98 Å². The third-order valence-corrected chi connectivity index (χ3v) is 7.30. The van der Waals surface area contributed by atoms with Crippen LogP contribution in [0.15, 0.2) is 54.6 Å². The van der Waals surface area contributed by atoms with Gasteiger partial charge in [-0.05, 0) is 45.7 Å². The van der Waals surface area contributed by atoms with Crippen LogP contribution in [0.5, 0.6) is 0 Å². The van der Waals surface area contributed by atoms with Crippen molar-refractivity contribution in [3.05, 3.63) is 76.3 Å². The lowest BCUT2D eigenvalue weighted by molar-refractivity contribution is -0.155. The van der Waals surface area contributed by atoms with Gasteiger partial charge in [-0.3, -0.25) is 9.59 Å². The molecule has 0 aliphatic carbocycles. The van der Waals surface area contributed by atoms with E-state index in [1.807, 2.05) is 49.1 Å². The standard InChI is InChI=1S/C26H28N2O3S/c1-17-9-11-20(12-10-17)24-27-18(2)23(32-24)19(3)31-26(30)22-13-15-28(16-14-22)25(29)21-7-5-4-6-8-21/h4-12,19,22H,13-16H2,1-3H3/t19-/m1/s1. The van der Waals surface area contributed by atoms with Crippen LogP contribution in [0.2, 0.25) is 0 Å². The summed E-state index contributed by atoms with van der Waals surface area (Å²) in [5.41, 5.74) is 3.87. The Morgan fingerprint density at radius 1 is 1.03 bits per heavy atom. The van der Waals surface area contributed by atoms with Gasteiger partial charge in [0.1, 0.15) is 11.1 Å². The molecular formula is C26H28N2O3S. The summed E-state index contributed by atoms with van der Waals surface area (Å²) in [6.45, 7) is 7.07. The molecule has 4 rings (SSSR count). The number of hydrogen-bond donors (Lipinski definition) is 0. The first kappa shape index (κ1) is 22.2. The van der Waals surface area contributed by atoms with Crippen molar-refractivity contribution in [3.63, 3.8) is 0 Å². The number of piperidine rings is 1. The predicted molar refractivity (Wildman–Crippen MR) is 127 cm³/mol. The number of carbonyl (C=O) groups excluding carboxylic acids is 2. The fourth-order valence-electron chi connectivity index (χ4n) is 4.01. The molecule has 0 N–H and O–H groups in total. The van der Waals surface area contributed by atoms with Gasteiger partial charge in [0.2, 0.25) is 0 Å². The number of nitrogens with zero attached hydrogens (tertiary/aromatic N) is 2. The molecule has 0 spiro atoms. The SMILES string of the molecule is Cc1ccc(-c2nc(C)c([C@@H](C)OC(=O)C3CCN(C(=O)c4ccccc4)CC3)s2)cc1. The van der Waals surface area contributed by atoms with Gasteiger partial charge in [0, 0.05) is 24.2 Å². The van der Waals surface area contributed by atoms with Crippen molar-refractivity contribution in [1.29, 1.82) is 0 Å². The number of carbonyl (C=O) groups is 2. The largest absolute Gasteiger partial charge is 0.457 e. The van der Waals surface area contributed by atoms with E-state index in [0.29, 0.717) is 31.5 Å². The maximum Gasteiger partial charge on any atom is 0.309 e. The zero-order chi connectivity index (χ0) is 22.7. The summed E-state index contributed by atoms with van der Waals surface area (Å²) < 4.78 is 5.83. The van der Waals surface area contributed by atoms with E-state index >= 15 is 0 Å². The van der Waals surface area contributed by atoms with Crippen molar-refractivity contribution >= 4 is 23.2 Å². The molecule has 1 amide bonds. The number of aromatic nitrogens is 1. The zero-order valence-electron chi connectivity index (χ0n) is 18.7. The Labute approximate surface area is 193 Å². The summed E-state index contributed by atoms with van der Waals surface area (Å²) >= 11 is 1.58. The molecule has 2 heterocycles. The van der Waals surface area contributed by atoms with Crippen LogP contribution in [-0.4, -0.2) is 34.8 Å². The Kier molecular flexibility index (Phi) is 6.70. The predicted octanol–water partition coefficient (Wildman–Crippen LogP) is 5.58. The van der Waals surface area contributed by atoms with Gasteiger partial charge in [0.15, 0.2) is 0 Å². The Balaban J connectivity index is 1.34. The molecule has 32 heavy (non-hydrogen) atoms. The van der Waals surface area contributed by atoms with Crippen LogP contribution in [0.4, 0.5) is 0 Å². The second-order valence-corrected chi connectivity index (χ2v) is 9.38. The summed E-state index contributed by atoms with van der Waals surface area (Å²) in [7, 11) is 0. The Hall–Kier alpha value is -2.99. The fraction of sp³-hybridized carbons (Fsp3) is 0.346. The van der Waals surface area contributed by atoms with Crippen LogP contribution in [0.1, 0.15) is 52.4 Å². The second kappa shape index (κ2) is 9.65. The maximum absolute atomic E-state index is 12.8. The van der Waals surface area contributed by atoms with E-state index in [9.17, 15) is 9.59 Å². The molecule has 6 heteroatoms. The molecule has 1 saturated heterocycles. The quantitative estimate of drug-likeness (QED) is 0.478. The highest BCUT2D eigenvalue weighted by Crippen LogP contribution is 2.34. The highest BCUT2D eigenvalue weighted by atomic mass is 32.1. The van der Waals surface area contributed by atoms with E-state index in [1.165, 1.54) is 5.56 Å². The summed E-state index contributed by atoms with van der Waals surface area (Å²) in [6.07, 6.45) is 0.907. The number of benzene rings is 2. The van der Waals surface area contributed by atoms with Crippen LogP contribution in [0.25, 0.3) is 10.6 Å². The zero-order valence-corrected chi connectivity index (χ0v) is 19.5. The van der Waals surface area contributed by atoms with Crippen molar-refractivity contribution in [2.75, 3.05) is 13.1 Å². The Morgan fingerprint density at radius 2 is 1.69 bits per heavy atom. The van der Waals surface area contributed by atoms with Gasteiger partial charge in [-0.1, -0.05) is 48.0 Å². The lowest BCUT2D eigenvalue weighted by atomic mass is 9.96. The number of thiazole rings is 1. The smallest absolute Gasteiger partial charge is 0.309 e. The topological polar surface area (TPSA) is 59.5 Å². The summed E-state index contributed by atoms with van der Waals surface area (Å²) in [5, 5.41) is 0.938. The molecule has 1 aliphatic rings. The highest BCUT2D eigenvalue weighted by Gasteiger charge is 2.30. The lowest BCUT2D eigenvalue weighted by Crippen LogP contribution is -2.40. The summed E-state index contributed by atoms with van der Waals surface area (Å²) in [5.74, 6) is -0.342. The number of ether oxygens (including phenoxy) is 1. The lowest BCUT2D eigenvalue weighted by Gasteiger charge is -2.31. The van der Waals surface area contributed by atoms with Gasteiger partial charge in [-0.15, -0.1) is 11.3 Å². The Morgan fingerprint density at radius 3 is 2.34 bits per heavy atom. The van der Waals surface area contributed by atoms with Gasteiger partial charge < -0.3 is 9.64 Å². The number of rotatable bonds is 5. The van der Waals surface area contributed by atoms with Crippen LogP contribution in [0.3, 0.4) is 0 Å². The molecule has 1 aromatic heterocycles. The molecule has 2 aromatic carbocycles. The molecule has 0 unspecified atom stereocenters. The highest BCUT2D eigenvalue weighted by molar-refractivity contribution is 7.15. The van der Waals surface area contributed by atoms with E-state index in [2.05, 4.69) is 31.2 Å². The monoisotopic (exact) mass is 448 g/mol. The van der Waals surface area contributed by atoms with E-state index in [4.69, 9.17) is 9.72 Å². The molecule has 1 fully saturated rings. The molecule has 3 aromatic rings. The van der Waals surface area contributed by atoms with Crippen molar-refractivity contribution in [2.45, 2.75) is 39.7 Å². The third-order valence-electron chi connectivity index (χ3n) is 5.93. The minimum atomic E-state index is -0.344. The van der Waals surface area contributed by atoms with Gasteiger partial charge in [0.25, 0.3) is 5.91 Å². The number of esters is 1. The van der Waals surface area contributed by atoms with Crippen molar-refractivity contribution in [3.8, 4) is 10.6 Å². The fourth-order valence-corrected chi connectivity index (χ4v) is 5.06. The van der Waals surface area contributed by atoms with Crippen LogP contribution in [-0.2, 0) is 9.53 Å². The number of likely N-dealkylation sites (tertiary alicyclic amines) is 1. The van der Waals surface area contributed by atoms with E-state index in [1.54, 1.807) is 11.3 Å². The van der Waals surface area contributed by atoms with E-state index in [0.717, 1.165) is 21.1 Å². The van der Waals surface area contributed by atoms with Gasteiger partial charge >= 0.3 is 5.97 Å². The number of amides is 1. The van der Waals surface area contributed by atoms with Crippen molar-refractivity contribution in [1.82, 2.24) is 9.88 Å². The second-order valence-electron chi connectivity index (χ2n) is 8.35.